The molecule has 1 unspecified atom stereocenters. The van der Waals surface area contributed by atoms with Crippen molar-refractivity contribution in [3.8, 4) is 0 Å². The molecule has 0 aliphatic rings. The summed E-state index contributed by atoms with van der Waals surface area (Å²) >= 11 is 0. The third-order valence-electron chi connectivity index (χ3n) is 3.15. The molecule has 2 N–H and O–H groups in total. The Morgan fingerprint density at radius 2 is 2.18 bits per heavy atom. The van der Waals surface area contributed by atoms with Crippen LogP contribution in [0.4, 0.5) is 11.5 Å². The molecule has 1 aromatic rings. The van der Waals surface area contributed by atoms with Gasteiger partial charge < -0.3 is 15.3 Å². The monoisotopic (exact) mass is 237 g/mol. The van der Waals surface area contributed by atoms with Crippen LogP contribution in [-0.2, 0) is 0 Å². The number of anilines is 2. The van der Waals surface area contributed by atoms with Crippen molar-refractivity contribution in [3.63, 3.8) is 0 Å². The molecule has 1 aromatic heterocycles. The Bertz CT molecular complexity index is 348. The van der Waals surface area contributed by atoms with Gasteiger partial charge in [-0.05, 0) is 18.6 Å². The number of nitrogens with one attached hydrogen (secondary N) is 1. The van der Waals surface area contributed by atoms with Crippen LogP contribution in [0.25, 0.3) is 0 Å². The van der Waals surface area contributed by atoms with Crippen LogP contribution in [0.1, 0.15) is 20.3 Å². The van der Waals surface area contributed by atoms with Crippen molar-refractivity contribution in [2.45, 2.75) is 20.3 Å². The highest BCUT2D eigenvalue weighted by molar-refractivity contribution is 5.64. The first-order valence-electron chi connectivity index (χ1n) is 5.99. The van der Waals surface area contributed by atoms with Crippen molar-refractivity contribution in [3.05, 3.63) is 18.3 Å². The van der Waals surface area contributed by atoms with Gasteiger partial charge in [0.2, 0.25) is 0 Å². The van der Waals surface area contributed by atoms with Crippen molar-refractivity contribution in [2.75, 3.05) is 37.5 Å². The lowest BCUT2D eigenvalue weighted by atomic mass is 9.88. The maximum absolute atomic E-state index is 9.38. The third-order valence-corrected chi connectivity index (χ3v) is 3.15. The van der Waals surface area contributed by atoms with Gasteiger partial charge in [-0.2, -0.15) is 0 Å². The Morgan fingerprint density at radius 3 is 2.71 bits per heavy atom. The second-order valence-corrected chi connectivity index (χ2v) is 4.94. The molecule has 96 valence electrons. The highest BCUT2D eigenvalue weighted by Crippen LogP contribution is 2.25. The van der Waals surface area contributed by atoms with Gasteiger partial charge in [0.05, 0.1) is 12.3 Å². The highest BCUT2D eigenvalue weighted by atomic mass is 16.3. The standard InChI is InChI=1S/C13H23N3O/c1-5-13(2,10-17)9-15-11-7-6-8-14-12(11)16(3)4/h6-8,15,17H,5,9-10H2,1-4H3. The van der Waals surface area contributed by atoms with Crippen molar-refractivity contribution >= 4 is 11.5 Å². The summed E-state index contributed by atoms with van der Waals surface area (Å²) in [6, 6.07) is 3.92. The SMILES string of the molecule is CCC(C)(CO)CNc1cccnc1N(C)C. The normalized spacial score (nSPS) is 14.2. The van der Waals surface area contributed by atoms with E-state index in [9.17, 15) is 5.11 Å². The fourth-order valence-corrected chi connectivity index (χ4v) is 1.49. The van der Waals surface area contributed by atoms with Crippen LogP contribution in [0.5, 0.6) is 0 Å². The van der Waals surface area contributed by atoms with Crippen LogP contribution in [0.2, 0.25) is 0 Å². The first-order valence-corrected chi connectivity index (χ1v) is 5.99. The zero-order chi connectivity index (χ0) is 12.9. The molecule has 1 rings (SSSR count). The lowest BCUT2D eigenvalue weighted by molar-refractivity contribution is 0.149. The molecule has 0 radical (unpaired) electrons. The fraction of sp³-hybridized carbons (Fsp3) is 0.615. The van der Waals surface area contributed by atoms with Gasteiger partial charge in [0.25, 0.3) is 0 Å². The molecule has 0 spiro atoms. The van der Waals surface area contributed by atoms with Crippen molar-refractivity contribution in [2.24, 2.45) is 5.41 Å². The average Bonchev–Trinajstić information content (AvgIpc) is 2.36. The second kappa shape index (κ2) is 5.87. The summed E-state index contributed by atoms with van der Waals surface area (Å²) in [4.78, 5) is 6.31. The van der Waals surface area contributed by atoms with Gasteiger partial charge in [0, 0.05) is 32.3 Å². The van der Waals surface area contributed by atoms with Crippen molar-refractivity contribution in [1.82, 2.24) is 4.98 Å². The number of rotatable bonds is 6. The molecular weight excluding hydrogens is 214 g/mol. The molecule has 0 fully saturated rings. The number of pyridine rings is 1. The van der Waals surface area contributed by atoms with E-state index in [-0.39, 0.29) is 12.0 Å². The average molecular weight is 237 g/mol. The summed E-state index contributed by atoms with van der Waals surface area (Å²) < 4.78 is 0. The largest absolute Gasteiger partial charge is 0.396 e. The summed E-state index contributed by atoms with van der Waals surface area (Å²) in [5.74, 6) is 0.920. The van der Waals surface area contributed by atoms with Gasteiger partial charge in [-0.25, -0.2) is 4.98 Å². The Kier molecular flexibility index (Phi) is 4.75. The van der Waals surface area contributed by atoms with Crippen LogP contribution in [0, 0.1) is 5.41 Å². The quantitative estimate of drug-likeness (QED) is 0.794. The summed E-state index contributed by atoms with van der Waals surface area (Å²) in [6.45, 7) is 5.10. The topological polar surface area (TPSA) is 48.4 Å². The van der Waals surface area contributed by atoms with E-state index in [1.165, 1.54) is 0 Å². The Balaban J connectivity index is 2.75. The molecule has 17 heavy (non-hydrogen) atoms. The molecule has 0 aliphatic heterocycles. The van der Waals surface area contributed by atoms with Crippen LogP contribution in [0.3, 0.4) is 0 Å². The molecule has 1 atom stereocenters. The van der Waals surface area contributed by atoms with E-state index < -0.39 is 0 Å². The van der Waals surface area contributed by atoms with Crippen molar-refractivity contribution < 1.29 is 5.11 Å². The van der Waals surface area contributed by atoms with Crippen LogP contribution < -0.4 is 10.2 Å². The number of hydrogen-bond donors (Lipinski definition) is 2. The maximum atomic E-state index is 9.38. The van der Waals surface area contributed by atoms with Gasteiger partial charge in [-0.3, -0.25) is 0 Å². The third kappa shape index (κ3) is 3.60. The van der Waals surface area contributed by atoms with E-state index in [4.69, 9.17) is 0 Å². The van der Waals surface area contributed by atoms with E-state index in [0.717, 1.165) is 24.5 Å². The van der Waals surface area contributed by atoms with E-state index in [1.807, 2.05) is 31.1 Å². The smallest absolute Gasteiger partial charge is 0.151 e. The summed E-state index contributed by atoms with van der Waals surface area (Å²) in [5, 5.41) is 12.7. The van der Waals surface area contributed by atoms with Gasteiger partial charge in [0.15, 0.2) is 5.82 Å². The van der Waals surface area contributed by atoms with E-state index in [1.54, 1.807) is 6.20 Å². The Labute approximate surface area is 104 Å². The molecule has 4 nitrogen and oxygen atoms in total. The van der Waals surface area contributed by atoms with Gasteiger partial charge in [-0.1, -0.05) is 13.8 Å². The number of hydrogen-bond acceptors (Lipinski definition) is 4. The molecule has 0 amide bonds. The lowest BCUT2D eigenvalue weighted by Gasteiger charge is -2.27. The van der Waals surface area contributed by atoms with Gasteiger partial charge in [-0.15, -0.1) is 0 Å². The number of aliphatic hydroxyl groups is 1. The zero-order valence-electron chi connectivity index (χ0n) is 11.2. The molecule has 0 saturated heterocycles. The highest BCUT2D eigenvalue weighted by Gasteiger charge is 2.21. The Morgan fingerprint density at radius 1 is 1.47 bits per heavy atom. The molecule has 4 heteroatoms. The second-order valence-electron chi connectivity index (χ2n) is 4.94. The minimum absolute atomic E-state index is 0.0839. The van der Waals surface area contributed by atoms with Crippen molar-refractivity contribution in [1.29, 1.82) is 0 Å². The first-order chi connectivity index (χ1) is 8.02. The number of aliphatic hydroxyl groups excluding tert-OH is 1. The minimum Gasteiger partial charge on any atom is -0.396 e. The molecule has 0 saturated carbocycles. The number of nitrogens with zero attached hydrogens (tertiary/aromatic N) is 2. The molecule has 0 aromatic carbocycles. The lowest BCUT2D eigenvalue weighted by Crippen LogP contribution is -2.30. The molecule has 0 aliphatic carbocycles. The number of aromatic nitrogens is 1. The fourth-order valence-electron chi connectivity index (χ4n) is 1.49. The van der Waals surface area contributed by atoms with E-state index in [0.29, 0.717) is 0 Å². The minimum atomic E-state index is -0.0839. The zero-order valence-corrected chi connectivity index (χ0v) is 11.2. The van der Waals surface area contributed by atoms with Crippen LogP contribution >= 0.6 is 0 Å². The Hall–Kier alpha value is -1.29. The van der Waals surface area contributed by atoms with E-state index >= 15 is 0 Å². The maximum Gasteiger partial charge on any atom is 0.151 e. The predicted octanol–water partition coefficient (Wildman–Crippen LogP) is 1.97. The van der Waals surface area contributed by atoms with Gasteiger partial charge >= 0.3 is 0 Å². The summed E-state index contributed by atoms with van der Waals surface area (Å²) in [7, 11) is 3.94. The van der Waals surface area contributed by atoms with Crippen LogP contribution in [0.15, 0.2) is 18.3 Å². The van der Waals surface area contributed by atoms with Gasteiger partial charge in [0.1, 0.15) is 0 Å². The predicted molar refractivity (Wildman–Crippen MR) is 72.5 cm³/mol. The molecule has 1 heterocycles. The first kappa shape index (κ1) is 13.8. The molecule has 0 bridgehead atoms. The van der Waals surface area contributed by atoms with E-state index in [2.05, 4.69) is 24.1 Å². The summed E-state index contributed by atoms with van der Waals surface area (Å²) in [6.07, 6.45) is 2.72. The molecular formula is C13H23N3O. The summed E-state index contributed by atoms with van der Waals surface area (Å²) in [5.41, 5.74) is 0.921. The van der Waals surface area contributed by atoms with Crippen LogP contribution in [-0.4, -0.2) is 37.3 Å².